The maximum Gasteiger partial charge on any atom is 0.180 e. The van der Waals surface area contributed by atoms with E-state index in [2.05, 4.69) is 182 Å². The zero-order chi connectivity index (χ0) is 40.2. The van der Waals surface area contributed by atoms with Crippen LogP contribution in [-0.4, -0.2) is 14.5 Å². The monoisotopic (exact) mass is 771 g/mol. The molecule has 0 atom stereocenters. The normalized spacial score (nSPS) is 11.6. The van der Waals surface area contributed by atoms with Gasteiger partial charge in [-0.1, -0.05) is 178 Å². The average Bonchev–Trinajstić information content (AvgIpc) is 3.87. The maximum atomic E-state index is 6.71. The van der Waals surface area contributed by atoms with Gasteiger partial charge >= 0.3 is 0 Å². The third-order valence-electron chi connectivity index (χ3n) is 11.9. The number of nitrogens with zero attached hydrogens (tertiary/aromatic N) is 3. The summed E-state index contributed by atoms with van der Waals surface area (Å²) in [5, 5.41) is 8.55. The van der Waals surface area contributed by atoms with Crippen molar-refractivity contribution >= 4 is 65.4 Å². The molecule has 4 nitrogen and oxygen atoms in total. The van der Waals surface area contributed by atoms with Crippen molar-refractivity contribution in [1.82, 2.24) is 14.5 Å². The number of aromatic nitrogens is 3. The van der Waals surface area contributed by atoms with Gasteiger partial charge in [0.2, 0.25) is 0 Å². The van der Waals surface area contributed by atoms with Crippen LogP contribution in [0.15, 0.2) is 192 Å². The Balaban J connectivity index is 0.000000980. The fourth-order valence-electron chi connectivity index (χ4n) is 8.86. The van der Waals surface area contributed by atoms with Crippen molar-refractivity contribution in [3.8, 4) is 50.6 Å². The molecule has 60 heavy (non-hydrogen) atoms. The molecule has 0 aliphatic heterocycles. The Bertz CT molecular complexity index is 3470. The Labute approximate surface area is 348 Å². The van der Waals surface area contributed by atoms with Gasteiger partial charge in [-0.2, -0.15) is 0 Å². The molecular weight excluding hydrogens is 731 g/mol. The van der Waals surface area contributed by atoms with Crippen molar-refractivity contribution in [2.45, 2.75) is 26.7 Å². The van der Waals surface area contributed by atoms with Crippen LogP contribution in [0.5, 0.6) is 0 Å². The van der Waals surface area contributed by atoms with Gasteiger partial charge in [0, 0.05) is 38.4 Å². The van der Waals surface area contributed by atoms with E-state index in [-0.39, 0.29) is 0 Å². The van der Waals surface area contributed by atoms with Gasteiger partial charge in [-0.05, 0) is 74.8 Å². The summed E-state index contributed by atoms with van der Waals surface area (Å²) in [7, 11) is 0. The molecule has 286 valence electrons. The van der Waals surface area contributed by atoms with E-state index >= 15 is 0 Å². The zero-order valence-corrected chi connectivity index (χ0v) is 33.6. The van der Waals surface area contributed by atoms with E-state index in [0.717, 1.165) is 50.1 Å². The fraction of sp³-hybridized carbons (Fsp3) is 0.0714. The number of furan rings is 1. The molecule has 0 saturated carbocycles. The van der Waals surface area contributed by atoms with E-state index in [0.29, 0.717) is 11.4 Å². The third kappa shape index (κ3) is 5.75. The van der Waals surface area contributed by atoms with Crippen LogP contribution in [0.3, 0.4) is 0 Å². The van der Waals surface area contributed by atoms with Crippen LogP contribution in [0, 0.1) is 0 Å². The molecule has 0 aliphatic carbocycles. The Hall–Kier alpha value is -7.56. The van der Waals surface area contributed by atoms with Gasteiger partial charge in [0.25, 0.3) is 0 Å². The molecule has 0 unspecified atom stereocenters. The highest BCUT2D eigenvalue weighted by atomic mass is 16.3. The second-order valence-corrected chi connectivity index (χ2v) is 15.5. The SMILES string of the molecule is CCCC.c1ccc(-c2ccc(-c3nc(-c4ccccc4)nc4c3oc3ccc(-c5ccc6c7c5c5ccccc5c5cccc(c57)n6-c5ccccc5)cc34)cc2)cc1. The fourth-order valence-corrected chi connectivity index (χ4v) is 8.86. The molecule has 0 fully saturated rings. The summed E-state index contributed by atoms with van der Waals surface area (Å²) in [4.78, 5) is 10.4. The minimum Gasteiger partial charge on any atom is -0.452 e. The van der Waals surface area contributed by atoms with Crippen molar-refractivity contribution in [2.24, 2.45) is 0 Å². The summed E-state index contributed by atoms with van der Waals surface area (Å²) in [5.41, 5.74) is 13.2. The smallest absolute Gasteiger partial charge is 0.180 e. The molecule has 0 radical (unpaired) electrons. The summed E-state index contributed by atoms with van der Waals surface area (Å²) in [6, 6.07) is 66.6. The summed E-state index contributed by atoms with van der Waals surface area (Å²) < 4.78 is 9.12. The third-order valence-corrected chi connectivity index (χ3v) is 11.9. The van der Waals surface area contributed by atoms with E-state index in [1.165, 1.54) is 67.3 Å². The zero-order valence-electron chi connectivity index (χ0n) is 33.6. The number of unbranched alkanes of at least 4 members (excludes halogenated alkanes) is 1. The first-order valence-electron chi connectivity index (χ1n) is 20.9. The number of para-hydroxylation sites is 1. The molecule has 9 aromatic carbocycles. The minimum absolute atomic E-state index is 0.667. The molecule has 3 heterocycles. The predicted molar refractivity (Wildman–Crippen MR) is 252 cm³/mol. The summed E-state index contributed by atoms with van der Waals surface area (Å²) in [5.74, 6) is 0.667. The van der Waals surface area contributed by atoms with Crippen LogP contribution in [-0.2, 0) is 0 Å². The molecule has 0 saturated heterocycles. The van der Waals surface area contributed by atoms with Crippen LogP contribution in [0.4, 0.5) is 0 Å². The van der Waals surface area contributed by atoms with Crippen molar-refractivity contribution in [3.05, 3.63) is 188 Å². The van der Waals surface area contributed by atoms with Crippen LogP contribution in [0.25, 0.3) is 116 Å². The molecule has 0 amide bonds. The Morgan fingerprint density at radius 1 is 0.433 bits per heavy atom. The van der Waals surface area contributed by atoms with Crippen LogP contribution in [0.1, 0.15) is 26.7 Å². The number of rotatable bonds is 6. The first-order chi connectivity index (χ1) is 29.7. The summed E-state index contributed by atoms with van der Waals surface area (Å²) >= 11 is 0. The van der Waals surface area contributed by atoms with Crippen LogP contribution in [0.2, 0.25) is 0 Å². The first kappa shape index (κ1) is 35.6. The topological polar surface area (TPSA) is 43.9 Å². The number of hydrogen-bond donors (Lipinski definition) is 0. The molecule has 0 aliphatic rings. The van der Waals surface area contributed by atoms with Crippen molar-refractivity contribution in [1.29, 1.82) is 0 Å². The lowest BCUT2D eigenvalue weighted by molar-refractivity contribution is 0.667. The summed E-state index contributed by atoms with van der Waals surface area (Å²) in [6.45, 7) is 4.36. The second kappa shape index (κ2) is 14.7. The molecule has 12 aromatic rings. The van der Waals surface area contributed by atoms with Crippen LogP contribution < -0.4 is 0 Å². The quantitative estimate of drug-likeness (QED) is 0.158. The molecular formula is C56H41N3O. The lowest BCUT2D eigenvalue weighted by Gasteiger charge is -2.13. The van der Waals surface area contributed by atoms with Crippen molar-refractivity contribution in [2.75, 3.05) is 0 Å². The van der Waals surface area contributed by atoms with E-state index in [4.69, 9.17) is 14.4 Å². The van der Waals surface area contributed by atoms with E-state index in [9.17, 15) is 0 Å². The van der Waals surface area contributed by atoms with Gasteiger partial charge in [-0.25, -0.2) is 9.97 Å². The Kier molecular flexibility index (Phi) is 8.70. The summed E-state index contributed by atoms with van der Waals surface area (Å²) in [6.07, 6.45) is 2.64. The standard InChI is InChI=1S/C52H31N3O.C4H10/c1-4-13-32(14-5-1)33-23-25-34(26-24-33)49-51-50(54-52(53-49)35-15-6-2-7-16-35)42-31-36(27-30-45(42)56-51)38-28-29-44-48-46(38)40-20-11-10-19-39(40)41-21-12-22-43(47(41)48)55(44)37-17-8-3-9-18-37;1-3-4-2/h1-31H;3-4H2,1-2H3. The highest BCUT2D eigenvalue weighted by molar-refractivity contribution is 6.36. The maximum absolute atomic E-state index is 6.71. The second-order valence-electron chi connectivity index (χ2n) is 15.5. The number of fused-ring (bicyclic) bond motifs is 6. The Morgan fingerprint density at radius 2 is 1.02 bits per heavy atom. The number of hydrogen-bond acceptors (Lipinski definition) is 3. The lowest BCUT2D eigenvalue weighted by Crippen LogP contribution is -1.94. The lowest BCUT2D eigenvalue weighted by atomic mass is 9.89. The van der Waals surface area contributed by atoms with Crippen molar-refractivity contribution < 1.29 is 4.42 Å². The van der Waals surface area contributed by atoms with Gasteiger partial charge in [-0.3, -0.25) is 0 Å². The van der Waals surface area contributed by atoms with Gasteiger partial charge < -0.3 is 8.98 Å². The largest absolute Gasteiger partial charge is 0.452 e. The molecule has 3 aromatic heterocycles. The molecule has 0 N–H and O–H groups in total. The Morgan fingerprint density at radius 3 is 1.75 bits per heavy atom. The highest BCUT2D eigenvalue weighted by Crippen LogP contribution is 2.47. The molecule has 12 rings (SSSR count). The van der Waals surface area contributed by atoms with Crippen molar-refractivity contribution in [3.63, 3.8) is 0 Å². The van der Waals surface area contributed by atoms with Gasteiger partial charge in [-0.15, -0.1) is 0 Å². The highest BCUT2D eigenvalue weighted by Gasteiger charge is 2.23. The molecule has 0 spiro atoms. The predicted octanol–water partition coefficient (Wildman–Crippen LogP) is 15.7. The van der Waals surface area contributed by atoms with Gasteiger partial charge in [0.1, 0.15) is 16.8 Å². The molecule has 0 bridgehead atoms. The number of benzene rings is 9. The minimum atomic E-state index is 0.667. The first-order valence-corrected chi connectivity index (χ1v) is 20.9. The van der Waals surface area contributed by atoms with E-state index in [1.807, 2.05) is 24.3 Å². The van der Waals surface area contributed by atoms with E-state index < -0.39 is 0 Å². The van der Waals surface area contributed by atoms with E-state index in [1.54, 1.807) is 0 Å². The molecule has 4 heteroatoms. The van der Waals surface area contributed by atoms with Gasteiger partial charge in [0.15, 0.2) is 11.4 Å². The van der Waals surface area contributed by atoms with Crippen LogP contribution >= 0.6 is 0 Å². The van der Waals surface area contributed by atoms with Gasteiger partial charge in [0.05, 0.1) is 11.0 Å². The average molecular weight is 772 g/mol.